The Morgan fingerprint density at radius 1 is 1.57 bits per heavy atom. The molecule has 1 aromatic rings. The highest BCUT2D eigenvalue weighted by Gasteiger charge is 2.10. The lowest BCUT2D eigenvalue weighted by Crippen LogP contribution is -2.26. The van der Waals surface area contributed by atoms with Crippen LogP contribution in [0.1, 0.15) is 24.5 Å². The number of likely N-dealkylation sites (N-methyl/N-ethyl adjacent to an activating group) is 1. The fourth-order valence-corrected chi connectivity index (χ4v) is 1.33. The lowest BCUT2D eigenvalue weighted by molar-refractivity contribution is 0.166. The first kappa shape index (κ1) is 11.1. The van der Waals surface area contributed by atoms with Gasteiger partial charge in [0.15, 0.2) is 0 Å². The Kier molecular flexibility index (Phi) is 4.49. The molecule has 0 spiro atoms. The van der Waals surface area contributed by atoms with E-state index in [1.807, 2.05) is 13.0 Å². The van der Waals surface area contributed by atoms with Gasteiger partial charge < -0.3 is 10.1 Å². The summed E-state index contributed by atoms with van der Waals surface area (Å²) < 4.78 is 5.13. The lowest BCUT2D eigenvalue weighted by Gasteiger charge is -2.16. The lowest BCUT2D eigenvalue weighted by atomic mass is 10.2. The average molecular weight is 195 g/mol. The third-order valence-electron chi connectivity index (χ3n) is 1.94. The highest BCUT2D eigenvalue weighted by atomic mass is 16.5. The van der Waals surface area contributed by atoms with Crippen LogP contribution in [-0.2, 0) is 4.74 Å². The summed E-state index contributed by atoms with van der Waals surface area (Å²) in [7, 11) is 1.69. The molecule has 14 heavy (non-hydrogen) atoms. The highest BCUT2D eigenvalue weighted by molar-refractivity contribution is 5.07. The first-order chi connectivity index (χ1) is 6.77. The summed E-state index contributed by atoms with van der Waals surface area (Å²) >= 11 is 0. The molecule has 0 bridgehead atoms. The van der Waals surface area contributed by atoms with E-state index in [4.69, 9.17) is 4.74 Å². The Morgan fingerprint density at radius 2 is 2.36 bits per heavy atom. The molecule has 1 unspecified atom stereocenters. The molecule has 4 heteroatoms. The average Bonchev–Trinajstić information content (AvgIpc) is 2.17. The van der Waals surface area contributed by atoms with E-state index in [0.717, 1.165) is 18.1 Å². The maximum atomic E-state index is 5.13. The minimum Gasteiger partial charge on any atom is -0.383 e. The number of rotatable bonds is 5. The van der Waals surface area contributed by atoms with E-state index in [0.29, 0.717) is 6.61 Å². The van der Waals surface area contributed by atoms with Crippen molar-refractivity contribution in [2.24, 2.45) is 0 Å². The molecular formula is C10H17N3O. The maximum Gasteiger partial charge on any atom is 0.125 e. The molecule has 1 atom stereocenters. The molecule has 0 aliphatic rings. The fourth-order valence-electron chi connectivity index (χ4n) is 1.33. The number of aromatic nitrogens is 2. The highest BCUT2D eigenvalue weighted by Crippen LogP contribution is 2.09. The van der Waals surface area contributed by atoms with Crippen LogP contribution in [0, 0.1) is 6.92 Å². The van der Waals surface area contributed by atoms with Crippen LogP contribution in [-0.4, -0.2) is 30.2 Å². The predicted octanol–water partition coefficient (Wildman–Crippen LogP) is 1.08. The van der Waals surface area contributed by atoms with E-state index >= 15 is 0 Å². The summed E-state index contributed by atoms with van der Waals surface area (Å²) in [6.07, 6.45) is 1.78. The van der Waals surface area contributed by atoms with Crippen molar-refractivity contribution in [1.29, 1.82) is 0 Å². The van der Waals surface area contributed by atoms with Crippen LogP contribution in [0.2, 0.25) is 0 Å². The van der Waals surface area contributed by atoms with Gasteiger partial charge in [-0.3, -0.25) is 0 Å². The minimum atomic E-state index is 0.159. The molecule has 0 aliphatic heterocycles. The summed E-state index contributed by atoms with van der Waals surface area (Å²) in [5.41, 5.74) is 0.987. The van der Waals surface area contributed by atoms with Gasteiger partial charge in [-0.15, -0.1) is 0 Å². The van der Waals surface area contributed by atoms with E-state index in [-0.39, 0.29) is 6.04 Å². The van der Waals surface area contributed by atoms with Crippen molar-refractivity contribution in [3.8, 4) is 0 Å². The van der Waals surface area contributed by atoms with Crippen molar-refractivity contribution in [2.75, 3.05) is 20.3 Å². The van der Waals surface area contributed by atoms with E-state index in [1.54, 1.807) is 13.3 Å². The normalized spacial score (nSPS) is 12.8. The van der Waals surface area contributed by atoms with Gasteiger partial charge in [0.05, 0.1) is 18.3 Å². The summed E-state index contributed by atoms with van der Waals surface area (Å²) in [4.78, 5) is 8.42. The SMILES string of the molecule is CCNC(COC)c1ccnc(C)n1. The molecular weight excluding hydrogens is 178 g/mol. The molecule has 1 heterocycles. The monoisotopic (exact) mass is 195 g/mol. The summed E-state index contributed by atoms with van der Waals surface area (Å²) in [6.45, 7) is 5.48. The second-order valence-corrected chi connectivity index (χ2v) is 3.09. The summed E-state index contributed by atoms with van der Waals surface area (Å²) in [5.74, 6) is 0.793. The zero-order chi connectivity index (χ0) is 10.4. The molecule has 0 amide bonds. The Balaban J connectivity index is 2.75. The van der Waals surface area contributed by atoms with Crippen molar-refractivity contribution < 1.29 is 4.74 Å². The van der Waals surface area contributed by atoms with E-state index in [1.165, 1.54) is 0 Å². The standard InChI is InChI=1S/C10H17N3O/c1-4-11-10(7-14-3)9-5-6-12-8(2)13-9/h5-6,10-11H,4,7H2,1-3H3. The van der Waals surface area contributed by atoms with Crippen molar-refractivity contribution >= 4 is 0 Å². The van der Waals surface area contributed by atoms with Crippen molar-refractivity contribution in [2.45, 2.75) is 19.9 Å². The van der Waals surface area contributed by atoms with Crippen molar-refractivity contribution in [3.63, 3.8) is 0 Å². The molecule has 1 N–H and O–H groups in total. The summed E-state index contributed by atoms with van der Waals surface area (Å²) in [6, 6.07) is 2.08. The number of methoxy groups -OCH3 is 1. The van der Waals surface area contributed by atoms with Gasteiger partial charge in [0.1, 0.15) is 5.82 Å². The predicted molar refractivity (Wildman–Crippen MR) is 55.1 cm³/mol. The van der Waals surface area contributed by atoms with Gasteiger partial charge in [0.2, 0.25) is 0 Å². The van der Waals surface area contributed by atoms with E-state index < -0.39 is 0 Å². The van der Waals surface area contributed by atoms with E-state index in [9.17, 15) is 0 Å². The quantitative estimate of drug-likeness (QED) is 0.763. The van der Waals surface area contributed by atoms with Crippen LogP contribution in [0.3, 0.4) is 0 Å². The zero-order valence-electron chi connectivity index (χ0n) is 8.95. The summed E-state index contributed by atoms with van der Waals surface area (Å²) in [5, 5.41) is 3.31. The Bertz CT molecular complexity index is 272. The molecule has 4 nitrogen and oxygen atoms in total. The molecule has 0 aromatic carbocycles. The van der Waals surface area contributed by atoms with Crippen LogP contribution < -0.4 is 5.32 Å². The van der Waals surface area contributed by atoms with Crippen LogP contribution in [0.4, 0.5) is 0 Å². The van der Waals surface area contributed by atoms with Gasteiger partial charge in [-0.05, 0) is 19.5 Å². The smallest absolute Gasteiger partial charge is 0.125 e. The van der Waals surface area contributed by atoms with Gasteiger partial charge in [-0.25, -0.2) is 9.97 Å². The number of aryl methyl sites for hydroxylation is 1. The maximum absolute atomic E-state index is 5.13. The van der Waals surface area contributed by atoms with Crippen LogP contribution in [0.5, 0.6) is 0 Å². The molecule has 0 saturated heterocycles. The number of ether oxygens (including phenoxy) is 1. The number of hydrogen-bond donors (Lipinski definition) is 1. The molecule has 1 rings (SSSR count). The van der Waals surface area contributed by atoms with E-state index in [2.05, 4.69) is 22.2 Å². The third-order valence-corrected chi connectivity index (χ3v) is 1.94. The molecule has 0 aliphatic carbocycles. The fraction of sp³-hybridized carbons (Fsp3) is 0.600. The van der Waals surface area contributed by atoms with Gasteiger partial charge in [0, 0.05) is 13.3 Å². The molecule has 0 radical (unpaired) electrons. The van der Waals surface area contributed by atoms with Crippen molar-refractivity contribution in [1.82, 2.24) is 15.3 Å². The largest absolute Gasteiger partial charge is 0.383 e. The second-order valence-electron chi connectivity index (χ2n) is 3.09. The topological polar surface area (TPSA) is 47.0 Å². The minimum absolute atomic E-state index is 0.159. The Hall–Kier alpha value is -1.00. The van der Waals surface area contributed by atoms with Gasteiger partial charge in [-0.2, -0.15) is 0 Å². The van der Waals surface area contributed by atoms with Crippen LogP contribution in [0.25, 0.3) is 0 Å². The second kappa shape index (κ2) is 5.67. The van der Waals surface area contributed by atoms with Gasteiger partial charge in [0.25, 0.3) is 0 Å². The molecule has 78 valence electrons. The Morgan fingerprint density at radius 3 is 2.93 bits per heavy atom. The number of nitrogens with zero attached hydrogens (tertiary/aromatic N) is 2. The number of hydrogen-bond acceptors (Lipinski definition) is 4. The van der Waals surface area contributed by atoms with Crippen LogP contribution in [0.15, 0.2) is 12.3 Å². The first-order valence-corrected chi connectivity index (χ1v) is 4.79. The number of nitrogens with one attached hydrogen (secondary N) is 1. The van der Waals surface area contributed by atoms with Crippen molar-refractivity contribution in [3.05, 3.63) is 23.8 Å². The first-order valence-electron chi connectivity index (χ1n) is 4.79. The van der Waals surface area contributed by atoms with Crippen LogP contribution >= 0.6 is 0 Å². The zero-order valence-corrected chi connectivity index (χ0v) is 8.95. The van der Waals surface area contributed by atoms with Gasteiger partial charge in [-0.1, -0.05) is 6.92 Å². The molecule has 0 fully saturated rings. The Labute approximate surface area is 84.7 Å². The molecule has 1 aromatic heterocycles. The van der Waals surface area contributed by atoms with Gasteiger partial charge >= 0.3 is 0 Å². The third kappa shape index (κ3) is 3.05. The molecule has 0 saturated carbocycles.